The zero-order chi connectivity index (χ0) is 22.8. The van der Waals surface area contributed by atoms with E-state index in [9.17, 15) is 28.1 Å². The fourth-order valence-corrected chi connectivity index (χ4v) is 4.65. The molecule has 8 nitrogen and oxygen atoms in total. The second kappa shape index (κ2) is 9.06. The Morgan fingerprint density at radius 3 is 2.68 bits per heavy atom. The molecular formula is C18H16F3N3O5S2. The monoisotopic (exact) mass is 475 g/mol. The average molecular weight is 475 g/mol. The van der Waals surface area contributed by atoms with E-state index in [0.29, 0.717) is 10.6 Å². The van der Waals surface area contributed by atoms with Gasteiger partial charge in [0, 0.05) is 17.0 Å². The third-order valence-electron chi connectivity index (χ3n) is 4.30. The number of anilines is 2. The normalized spacial score (nSPS) is 12.8. The molecule has 0 aliphatic heterocycles. The molecular weight excluding hydrogens is 459 g/mol. The van der Waals surface area contributed by atoms with Gasteiger partial charge in [-0.2, -0.15) is 13.2 Å². The largest absolute Gasteiger partial charge is 0.484 e. The topological polar surface area (TPSA) is 103 Å². The number of hydrogen-bond acceptors (Lipinski definition) is 7. The molecule has 2 N–H and O–H groups in total. The number of thiophene rings is 1. The van der Waals surface area contributed by atoms with Crippen LogP contribution in [0.4, 0.5) is 29.5 Å². The van der Waals surface area contributed by atoms with Crippen molar-refractivity contribution in [2.45, 2.75) is 25.4 Å². The number of nitro benzene ring substituents is 1. The number of non-ortho nitro benzene ring substituents is 1. The maximum absolute atomic E-state index is 12.4. The number of esters is 1. The number of ether oxygens (including phenoxy) is 2. The van der Waals surface area contributed by atoms with E-state index < -0.39 is 29.4 Å². The Morgan fingerprint density at radius 1 is 1.29 bits per heavy atom. The standard InChI is InChI=1S/C18H16F3N3O5S2/c1-28-16(25)14-12-3-2-4-13(12)31-15(14)23-17(30)22-9-5-10(24(26)27)7-11(6-9)29-8-18(19,20)21/h5-7H,2-4,8H2,1H3,(H2,22,23,30). The van der Waals surface area contributed by atoms with Crippen LogP contribution >= 0.6 is 23.6 Å². The van der Waals surface area contributed by atoms with E-state index in [1.807, 2.05) is 0 Å². The molecule has 0 spiro atoms. The number of thiocarbonyl (C=S) groups is 1. The van der Waals surface area contributed by atoms with Crippen molar-refractivity contribution in [2.75, 3.05) is 24.4 Å². The van der Waals surface area contributed by atoms with Gasteiger partial charge in [-0.15, -0.1) is 11.3 Å². The van der Waals surface area contributed by atoms with Gasteiger partial charge >= 0.3 is 12.1 Å². The van der Waals surface area contributed by atoms with Crippen LogP contribution in [0.5, 0.6) is 5.75 Å². The van der Waals surface area contributed by atoms with Crippen LogP contribution in [0.15, 0.2) is 18.2 Å². The summed E-state index contributed by atoms with van der Waals surface area (Å²) in [6, 6.07) is 3.14. The number of rotatable bonds is 6. The number of alkyl halides is 3. The molecule has 0 atom stereocenters. The number of nitrogens with zero attached hydrogens (tertiary/aromatic N) is 1. The summed E-state index contributed by atoms with van der Waals surface area (Å²) in [5, 5.41) is 17.1. The molecule has 31 heavy (non-hydrogen) atoms. The Hall–Kier alpha value is -2.93. The second-order valence-electron chi connectivity index (χ2n) is 6.51. The van der Waals surface area contributed by atoms with Gasteiger partial charge in [0.1, 0.15) is 10.8 Å². The first-order chi connectivity index (χ1) is 14.6. The zero-order valence-electron chi connectivity index (χ0n) is 16.0. The van der Waals surface area contributed by atoms with Crippen molar-refractivity contribution in [3.63, 3.8) is 0 Å². The Labute approximate surface area is 183 Å². The first kappa shape index (κ1) is 22.7. The lowest BCUT2D eigenvalue weighted by atomic mass is 10.1. The number of aryl methyl sites for hydroxylation is 1. The first-order valence-corrected chi connectivity index (χ1v) is 10.1. The van der Waals surface area contributed by atoms with Gasteiger partial charge in [-0.25, -0.2) is 4.79 Å². The molecule has 0 amide bonds. The molecule has 1 aromatic carbocycles. The van der Waals surface area contributed by atoms with Gasteiger partial charge in [0.25, 0.3) is 5.69 Å². The molecule has 166 valence electrons. The minimum Gasteiger partial charge on any atom is -0.484 e. The summed E-state index contributed by atoms with van der Waals surface area (Å²) in [5.41, 5.74) is 0.862. The Bertz CT molecular complexity index is 1040. The smallest absolute Gasteiger partial charge is 0.422 e. The number of fused-ring (bicyclic) bond motifs is 1. The van der Waals surface area contributed by atoms with Crippen molar-refractivity contribution < 1.29 is 32.4 Å². The van der Waals surface area contributed by atoms with E-state index in [1.165, 1.54) is 18.4 Å². The number of nitrogens with one attached hydrogen (secondary N) is 2. The summed E-state index contributed by atoms with van der Waals surface area (Å²) in [5.74, 6) is -0.856. The molecule has 1 heterocycles. The molecule has 0 bridgehead atoms. The lowest BCUT2D eigenvalue weighted by Gasteiger charge is -2.13. The van der Waals surface area contributed by atoms with Crippen molar-refractivity contribution in [2.24, 2.45) is 0 Å². The Kier molecular flexibility index (Phi) is 6.65. The van der Waals surface area contributed by atoms with E-state index in [1.54, 1.807) is 0 Å². The number of carbonyl (C=O) groups is 1. The van der Waals surface area contributed by atoms with Crippen LogP contribution in [-0.4, -0.2) is 35.9 Å². The number of methoxy groups -OCH3 is 1. The highest BCUT2D eigenvalue weighted by Crippen LogP contribution is 2.39. The quantitative estimate of drug-likeness (QED) is 0.269. The molecule has 0 saturated carbocycles. The van der Waals surface area contributed by atoms with Crippen molar-refractivity contribution in [3.8, 4) is 5.75 Å². The summed E-state index contributed by atoms with van der Waals surface area (Å²) in [4.78, 5) is 23.6. The highest BCUT2D eigenvalue weighted by molar-refractivity contribution is 7.80. The summed E-state index contributed by atoms with van der Waals surface area (Å²) >= 11 is 6.58. The van der Waals surface area contributed by atoms with Crippen molar-refractivity contribution in [1.29, 1.82) is 0 Å². The molecule has 0 unspecified atom stereocenters. The first-order valence-electron chi connectivity index (χ1n) is 8.87. The molecule has 2 aromatic rings. The van der Waals surface area contributed by atoms with Crippen LogP contribution in [0, 0.1) is 10.1 Å². The molecule has 1 aromatic heterocycles. The molecule has 0 fully saturated rings. The molecule has 0 saturated heterocycles. The third-order valence-corrected chi connectivity index (χ3v) is 5.71. The third kappa shape index (κ3) is 5.61. The predicted octanol–water partition coefficient (Wildman–Crippen LogP) is 4.68. The fourth-order valence-electron chi connectivity index (χ4n) is 3.09. The van der Waals surface area contributed by atoms with Crippen molar-refractivity contribution >= 4 is 51.0 Å². The van der Waals surface area contributed by atoms with Gasteiger partial charge in [0.2, 0.25) is 0 Å². The lowest BCUT2D eigenvalue weighted by molar-refractivity contribution is -0.384. The Morgan fingerprint density at radius 2 is 2.03 bits per heavy atom. The van der Waals surface area contributed by atoms with Crippen LogP contribution in [0.25, 0.3) is 0 Å². The van der Waals surface area contributed by atoms with Crippen LogP contribution < -0.4 is 15.4 Å². The van der Waals surface area contributed by atoms with Gasteiger partial charge in [-0.1, -0.05) is 0 Å². The van der Waals surface area contributed by atoms with Crippen molar-refractivity contribution in [3.05, 3.63) is 44.3 Å². The van der Waals surface area contributed by atoms with Gasteiger partial charge in [-0.3, -0.25) is 10.1 Å². The average Bonchev–Trinajstić information content (AvgIpc) is 3.25. The number of nitro groups is 1. The van der Waals surface area contributed by atoms with Gasteiger partial charge in [0.15, 0.2) is 11.7 Å². The molecule has 0 radical (unpaired) electrons. The minimum absolute atomic E-state index is 0.00709. The molecule has 3 rings (SSSR count). The summed E-state index contributed by atoms with van der Waals surface area (Å²) in [6.45, 7) is -1.60. The maximum atomic E-state index is 12.4. The predicted molar refractivity (Wildman–Crippen MR) is 112 cm³/mol. The van der Waals surface area contributed by atoms with E-state index in [2.05, 4.69) is 15.4 Å². The number of halogens is 3. The molecule has 1 aliphatic rings. The molecule has 1 aliphatic carbocycles. The Balaban J connectivity index is 1.80. The van der Waals surface area contributed by atoms with Crippen LogP contribution in [-0.2, 0) is 17.6 Å². The van der Waals surface area contributed by atoms with Crippen molar-refractivity contribution in [1.82, 2.24) is 0 Å². The van der Waals surface area contributed by atoms with Gasteiger partial charge in [0.05, 0.1) is 29.4 Å². The van der Waals surface area contributed by atoms with Crippen LogP contribution in [0.2, 0.25) is 0 Å². The van der Waals surface area contributed by atoms with Crippen LogP contribution in [0.1, 0.15) is 27.2 Å². The SMILES string of the molecule is COC(=O)c1c(NC(=S)Nc2cc(OCC(F)(F)F)cc([N+](=O)[O-])c2)sc2c1CCC2. The number of hydrogen-bond donors (Lipinski definition) is 2. The maximum Gasteiger partial charge on any atom is 0.422 e. The van der Waals surface area contributed by atoms with Gasteiger partial charge in [-0.05, 0) is 37.0 Å². The van der Waals surface area contributed by atoms with E-state index >= 15 is 0 Å². The molecule has 13 heteroatoms. The van der Waals surface area contributed by atoms with E-state index in [-0.39, 0.29) is 16.5 Å². The summed E-state index contributed by atoms with van der Waals surface area (Å²) in [6.07, 6.45) is -2.10. The zero-order valence-corrected chi connectivity index (χ0v) is 17.6. The van der Waals surface area contributed by atoms with E-state index in [4.69, 9.17) is 17.0 Å². The van der Waals surface area contributed by atoms with Gasteiger partial charge < -0.3 is 20.1 Å². The highest BCUT2D eigenvalue weighted by atomic mass is 32.1. The fraction of sp³-hybridized carbons (Fsp3) is 0.333. The van der Waals surface area contributed by atoms with E-state index in [0.717, 1.165) is 47.9 Å². The lowest BCUT2D eigenvalue weighted by Crippen LogP contribution is -2.21. The number of carbonyl (C=O) groups excluding carboxylic acids is 1. The van der Waals surface area contributed by atoms with Crippen LogP contribution in [0.3, 0.4) is 0 Å². The second-order valence-corrected chi connectivity index (χ2v) is 8.02. The highest BCUT2D eigenvalue weighted by Gasteiger charge is 2.29. The minimum atomic E-state index is -4.60. The number of benzene rings is 1. The summed E-state index contributed by atoms with van der Waals surface area (Å²) in [7, 11) is 1.27. The summed E-state index contributed by atoms with van der Waals surface area (Å²) < 4.78 is 46.7.